The number of carbonyl (C=O) groups excluding carboxylic acids is 1. The van der Waals surface area contributed by atoms with E-state index in [2.05, 4.69) is 15.3 Å². The summed E-state index contributed by atoms with van der Waals surface area (Å²) in [5.74, 6) is 0.170. The van der Waals surface area contributed by atoms with E-state index in [4.69, 9.17) is 0 Å². The Morgan fingerprint density at radius 1 is 1.00 bits per heavy atom. The number of aromatic nitrogens is 2. The van der Waals surface area contributed by atoms with Gasteiger partial charge < -0.3 is 5.32 Å². The molecular weight excluding hydrogens is 451 g/mol. The number of hydrogen-bond donors (Lipinski definition) is 2. The van der Waals surface area contributed by atoms with Crippen LogP contribution in [0.3, 0.4) is 0 Å². The van der Waals surface area contributed by atoms with Gasteiger partial charge in [0, 0.05) is 23.1 Å². The molecule has 2 N–H and O–H groups in total. The standard InChI is InChI=1S/C22H19FN4O3S2/c1-12-19(15-4-6-16(23)7-5-15)20-21(24-13(2)25-22(20)31-12)26-17-8-10-18(11-9-17)32(29,30)27-14(3)28/h4-11H,1-3H3,(H,27,28)(H,24,25,26). The summed E-state index contributed by atoms with van der Waals surface area (Å²) in [6, 6.07) is 12.2. The van der Waals surface area contributed by atoms with Crippen LogP contribution < -0.4 is 10.0 Å². The molecule has 1 amide bonds. The molecular formula is C22H19FN4O3S2. The monoisotopic (exact) mass is 470 g/mol. The highest BCUT2D eigenvalue weighted by Crippen LogP contribution is 2.41. The third kappa shape index (κ3) is 4.32. The van der Waals surface area contributed by atoms with E-state index in [1.54, 1.807) is 31.2 Å². The number of carbonyl (C=O) groups is 1. The number of nitrogens with one attached hydrogen (secondary N) is 2. The zero-order chi connectivity index (χ0) is 23.0. The number of halogens is 1. The third-order valence-corrected chi connectivity index (χ3v) is 7.13. The van der Waals surface area contributed by atoms with Crippen molar-refractivity contribution in [3.05, 3.63) is 65.0 Å². The van der Waals surface area contributed by atoms with Crippen molar-refractivity contribution in [2.45, 2.75) is 25.7 Å². The second-order valence-electron chi connectivity index (χ2n) is 7.15. The fraction of sp³-hybridized carbons (Fsp3) is 0.136. The molecule has 0 saturated carbocycles. The average molecular weight is 471 g/mol. The second-order valence-corrected chi connectivity index (χ2v) is 10.0. The maximum absolute atomic E-state index is 13.4. The van der Waals surface area contributed by atoms with Gasteiger partial charge in [-0.15, -0.1) is 11.3 Å². The van der Waals surface area contributed by atoms with E-state index in [-0.39, 0.29) is 10.7 Å². The first-order chi connectivity index (χ1) is 15.1. The molecule has 10 heteroatoms. The summed E-state index contributed by atoms with van der Waals surface area (Å²) in [4.78, 5) is 22.0. The van der Waals surface area contributed by atoms with E-state index in [0.29, 0.717) is 17.3 Å². The third-order valence-electron chi connectivity index (χ3n) is 4.68. The minimum Gasteiger partial charge on any atom is -0.340 e. The largest absolute Gasteiger partial charge is 0.340 e. The molecule has 0 spiro atoms. The summed E-state index contributed by atoms with van der Waals surface area (Å²) < 4.78 is 39.7. The average Bonchev–Trinajstić information content (AvgIpc) is 3.04. The summed E-state index contributed by atoms with van der Waals surface area (Å²) in [5, 5.41) is 4.05. The molecule has 0 fully saturated rings. The number of fused-ring (bicyclic) bond motifs is 1. The molecule has 4 rings (SSSR count). The van der Waals surface area contributed by atoms with Gasteiger partial charge in [0.15, 0.2) is 0 Å². The molecule has 2 aromatic carbocycles. The lowest BCUT2D eigenvalue weighted by atomic mass is 10.0. The van der Waals surface area contributed by atoms with Gasteiger partial charge in [0.2, 0.25) is 5.91 Å². The number of benzene rings is 2. The topological polar surface area (TPSA) is 101 Å². The van der Waals surface area contributed by atoms with Crippen molar-refractivity contribution >= 4 is 49.0 Å². The Morgan fingerprint density at radius 2 is 1.66 bits per heavy atom. The van der Waals surface area contributed by atoms with E-state index in [1.807, 2.05) is 11.6 Å². The molecule has 2 aromatic heterocycles. The molecule has 164 valence electrons. The Kier molecular flexibility index (Phi) is 5.66. The van der Waals surface area contributed by atoms with E-state index in [1.165, 1.54) is 35.6 Å². The predicted molar refractivity (Wildman–Crippen MR) is 123 cm³/mol. The van der Waals surface area contributed by atoms with Gasteiger partial charge in [-0.05, 0) is 55.8 Å². The van der Waals surface area contributed by atoms with Gasteiger partial charge >= 0.3 is 0 Å². The summed E-state index contributed by atoms with van der Waals surface area (Å²) in [5.41, 5.74) is 2.37. The highest BCUT2D eigenvalue weighted by atomic mass is 32.2. The van der Waals surface area contributed by atoms with Crippen molar-refractivity contribution in [3.8, 4) is 11.1 Å². The summed E-state index contributed by atoms with van der Waals surface area (Å²) >= 11 is 1.52. The molecule has 0 unspecified atom stereocenters. The van der Waals surface area contributed by atoms with Crippen molar-refractivity contribution in [1.29, 1.82) is 0 Å². The Balaban J connectivity index is 1.76. The Labute approximate surface area is 188 Å². The summed E-state index contributed by atoms with van der Waals surface area (Å²) in [7, 11) is -3.92. The first-order valence-electron chi connectivity index (χ1n) is 9.58. The van der Waals surface area contributed by atoms with Crippen molar-refractivity contribution in [2.75, 3.05) is 5.32 Å². The fourth-order valence-corrected chi connectivity index (χ4v) is 5.46. The number of thiophene rings is 1. The number of rotatable bonds is 5. The predicted octanol–water partition coefficient (Wildman–Crippen LogP) is 4.68. The van der Waals surface area contributed by atoms with Crippen molar-refractivity contribution in [2.24, 2.45) is 0 Å². The highest BCUT2D eigenvalue weighted by molar-refractivity contribution is 7.90. The quantitative estimate of drug-likeness (QED) is 0.439. The lowest BCUT2D eigenvalue weighted by Crippen LogP contribution is -2.28. The fourth-order valence-electron chi connectivity index (χ4n) is 3.38. The van der Waals surface area contributed by atoms with Crippen LogP contribution in [-0.4, -0.2) is 24.3 Å². The molecule has 0 aliphatic carbocycles. The minimum atomic E-state index is -3.92. The molecule has 0 aliphatic heterocycles. The van der Waals surface area contributed by atoms with Crippen LogP contribution >= 0.6 is 11.3 Å². The Hall–Kier alpha value is -3.37. The van der Waals surface area contributed by atoms with Gasteiger partial charge in [-0.25, -0.2) is 27.5 Å². The minimum absolute atomic E-state index is 0.0272. The number of nitrogens with zero attached hydrogens (tertiary/aromatic N) is 2. The van der Waals surface area contributed by atoms with Crippen molar-refractivity contribution in [1.82, 2.24) is 14.7 Å². The molecule has 2 heterocycles. The molecule has 0 saturated heterocycles. The second kappa shape index (κ2) is 8.29. The van der Waals surface area contributed by atoms with Crippen LogP contribution in [0.4, 0.5) is 15.9 Å². The number of amides is 1. The number of aryl methyl sites for hydroxylation is 2. The van der Waals surface area contributed by atoms with Gasteiger partial charge in [-0.2, -0.15) is 0 Å². The number of hydrogen-bond acceptors (Lipinski definition) is 7. The van der Waals surface area contributed by atoms with Crippen LogP contribution in [0, 0.1) is 19.7 Å². The highest BCUT2D eigenvalue weighted by Gasteiger charge is 2.19. The van der Waals surface area contributed by atoms with Gasteiger partial charge in [-0.3, -0.25) is 4.79 Å². The summed E-state index contributed by atoms with van der Waals surface area (Å²) in [6.07, 6.45) is 0. The van der Waals surface area contributed by atoms with Crippen LogP contribution in [0.5, 0.6) is 0 Å². The van der Waals surface area contributed by atoms with Crippen molar-refractivity contribution < 1.29 is 17.6 Å². The number of sulfonamides is 1. The molecule has 4 aromatic rings. The lowest BCUT2D eigenvalue weighted by molar-refractivity contribution is -0.117. The Morgan fingerprint density at radius 3 is 2.28 bits per heavy atom. The van der Waals surface area contributed by atoms with E-state index >= 15 is 0 Å². The van der Waals surface area contributed by atoms with E-state index in [0.717, 1.165) is 33.1 Å². The molecule has 32 heavy (non-hydrogen) atoms. The molecule has 0 atom stereocenters. The van der Waals surface area contributed by atoms with Crippen molar-refractivity contribution in [3.63, 3.8) is 0 Å². The molecule has 0 bridgehead atoms. The summed E-state index contributed by atoms with van der Waals surface area (Å²) in [6.45, 7) is 4.91. The number of anilines is 2. The van der Waals surface area contributed by atoms with Gasteiger partial charge in [-0.1, -0.05) is 12.1 Å². The zero-order valence-corrected chi connectivity index (χ0v) is 19.1. The van der Waals surface area contributed by atoms with Crippen LogP contribution in [0.25, 0.3) is 21.3 Å². The van der Waals surface area contributed by atoms with Crippen LogP contribution in [0.1, 0.15) is 17.6 Å². The lowest BCUT2D eigenvalue weighted by Gasteiger charge is -2.11. The molecule has 0 aliphatic rings. The first-order valence-corrected chi connectivity index (χ1v) is 11.9. The zero-order valence-electron chi connectivity index (χ0n) is 17.4. The van der Waals surface area contributed by atoms with Crippen LogP contribution in [0.2, 0.25) is 0 Å². The Bertz CT molecular complexity index is 1430. The van der Waals surface area contributed by atoms with Crippen LogP contribution in [0.15, 0.2) is 53.4 Å². The SMILES string of the molecule is CC(=O)NS(=O)(=O)c1ccc(Nc2nc(C)nc3sc(C)c(-c4ccc(F)cc4)c23)cc1. The maximum Gasteiger partial charge on any atom is 0.264 e. The maximum atomic E-state index is 13.4. The van der Waals surface area contributed by atoms with Crippen LogP contribution in [-0.2, 0) is 14.8 Å². The normalized spacial score (nSPS) is 11.5. The molecule has 0 radical (unpaired) electrons. The van der Waals surface area contributed by atoms with E-state index in [9.17, 15) is 17.6 Å². The van der Waals surface area contributed by atoms with Gasteiger partial charge in [0.25, 0.3) is 10.0 Å². The van der Waals surface area contributed by atoms with E-state index < -0.39 is 15.9 Å². The molecule has 7 nitrogen and oxygen atoms in total. The van der Waals surface area contributed by atoms with Gasteiger partial charge in [0.05, 0.1) is 10.3 Å². The van der Waals surface area contributed by atoms with Gasteiger partial charge in [0.1, 0.15) is 22.3 Å². The first kappa shape index (κ1) is 21.8. The smallest absolute Gasteiger partial charge is 0.264 e.